The van der Waals surface area contributed by atoms with Crippen LogP contribution in [0.3, 0.4) is 0 Å². The molecule has 0 amide bonds. The number of aromatic nitrogens is 1. The van der Waals surface area contributed by atoms with Gasteiger partial charge in [-0.2, -0.15) is 0 Å². The predicted molar refractivity (Wildman–Crippen MR) is 60.0 cm³/mol. The van der Waals surface area contributed by atoms with Crippen molar-refractivity contribution < 1.29 is 4.74 Å². The minimum Gasteiger partial charge on any atom is -0.489 e. The molecule has 1 aromatic rings. The van der Waals surface area contributed by atoms with Gasteiger partial charge in [0.25, 0.3) is 0 Å². The highest BCUT2D eigenvalue weighted by atomic mass is 16.5. The summed E-state index contributed by atoms with van der Waals surface area (Å²) in [5.74, 6) is 1.33. The Morgan fingerprint density at radius 2 is 2.20 bits per heavy atom. The van der Waals surface area contributed by atoms with Crippen LogP contribution in [0.5, 0.6) is 5.75 Å². The first-order valence-corrected chi connectivity index (χ1v) is 5.54. The fraction of sp³-hybridized carbons (Fsp3) is 0.583. The number of nitrogens with zero attached hydrogens (tertiary/aromatic N) is 1. The zero-order valence-corrected chi connectivity index (χ0v) is 9.31. The molecule has 3 heteroatoms. The van der Waals surface area contributed by atoms with Crippen molar-refractivity contribution in [3.05, 3.63) is 24.0 Å². The van der Waals surface area contributed by atoms with Crippen molar-refractivity contribution in [2.45, 2.75) is 44.8 Å². The topological polar surface area (TPSA) is 48.1 Å². The molecule has 3 nitrogen and oxygen atoms in total. The van der Waals surface area contributed by atoms with Crippen molar-refractivity contribution in [1.82, 2.24) is 4.98 Å². The zero-order valence-electron chi connectivity index (χ0n) is 9.31. The molecular formula is C12H18N2O. The molecule has 2 rings (SSSR count). The molecule has 1 saturated carbocycles. The fourth-order valence-corrected chi connectivity index (χ4v) is 1.91. The Bertz CT molecular complexity index is 338. The summed E-state index contributed by atoms with van der Waals surface area (Å²) in [5, 5.41) is 0. The molecule has 82 valence electrons. The van der Waals surface area contributed by atoms with Crippen molar-refractivity contribution in [3.63, 3.8) is 0 Å². The van der Waals surface area contributed by atoms with Gasteiger partial charge in [-0.15, -0.1) is 0 Å². The Morgan fingerprint density at radius 3 is 2.73 bits per heavy atom. The van der Waals surface area contributed by atoms with E-state index in [9.17, 15) is 0 Å². The molecule has 1 aliphatic rings. The van der Waals surface area contributed by atoms with Crippen LogP contribution in [0.15, 0.2) is 18.5 Å². The van der Waals surface area contributed by atoms with Crippen LogP contribution in [-0.4, -0.2) is 17.1 Å². The van der Waals surface area contributed by atoms with E-state index in [2.05, 4.69) is 11.1 Å². The van der Waals surface area contributed by atoms with E-state index in [4.69, 9.17) is 10.5 Å². The maximum absolute atomic E-state index is 5.94. The smallest absolute Gasteiger partial charge is 0.138 e. The molecule has 0 radical (unpaired) electrons. The van der Waals surface area contributed by atoms with Gasteiger partial charge in [0, 0.05) is 18.2 Å². The van der Waals surface area contributed by atoms with Crippen LogP contribution in [0.1, 0.15) is 38.2 Å². The van der Waals surface area contributed by atoms with Crippen LogP contribution in [0.2, 0.25) is 0 Å². The lowest BCUT2D eigenvalue weighted by atomic mass is 9.76. The van der Waals surface area contributed by atoms with Gasteiger partial charge < -0.3 is 10.5 Å². The summed E-state index contributed by atoms with van der Waals surface area (Å²) in [4.78, 5) is 4.19. The lowest BCUT2D eigenvalue weighted by Gasteiger charge is -2.33. The first-order chi connectivity index (χ1) is 7.16. The lowest BCUT2D eigenvalue weighted by Crippen LogP contribution is -2.37. The van der Waals surface area contributed by atoms with Crippen molar-refractivity contribution in [2.75, 3.05) is 0 Å². The van der Waals surface area contributed by atoms with Crippen molar-refractivity contribution in [3.8, 4) is 5.75 Å². The summed E-state index contributed by atoms with van der Waals surface area (Å²) >= 11 is 0. The van der Waals surface area contributed by atoms with Gasteiger partial charge in [-0.05, 0) is 38.3 Å². The van der Waals surface area contributed by atoms with Gasteiger partial charge in [-0.25, -0.2) is 0 Å². The van der Waals surface area contributed by atoms with Gasteiger partial charge >= 0.3 is 0 Å². The highest BCUT2D eigenvalue weighted by Gasteiger charge is 2.29. The molecule has 1 aromatic heterocycles. The van der Waals surface area contributed by atoms with E-state index in [-0.39, 0.29) is 6.10 Å². The van der Waals surface area contributed by atoms with Crippen LogP contribution in [0, 0.1) is 0 Å². The van der Waals surface area contributed by atoms with E-state index in [1.807, 2.05) is 20.0 Å². The minimum absolute atomic E-state index is 0.192. The summed E-state index contributed by atoms with van der Waals surface area (Å²) < 4.78 is 5.61. The maximum atomic E-state index is 5.94. The second-order valence-electron chi connectivity index (χ2n) is 4.47. The molecule has 0 aromatic carbocycles. The average molecular weight is 206 g/mol. The van der Waals surface area contributed by atoms with Crippen molar-refractivity contribution in [1.29, 1.82) is 0 Å². The molecular weight excluding hydrogens is 188 g/mol. The van der Waals surface area contributed by atoms with Crippen molar-refractivity contribution >= 4 is 0 Å². The molecule has 0 saturated heterocycles. The Labute approximate surface area is 90.7 Å². The second-order valence-corrected chi connectivity index (χ2v) is 4.47. The summed E-state index contributed by atoms with van der Waals surface area (Å²) in [6.45, 7) is 4.03. The number of ether oxygens (including phenoxy) is 1. The van der Waals surface area contributed by atoms with Crippen LogP contribution in [0.4, 0.5) is 0 Å². The van der Waals surface area contributed by atoms with Gasteiger partial charge in [-0.1, -0.05) is 0 Å². The number of pyridine rings is 1. The first kappa shape index (κ1) is 10.4. The van der Waals surface area contributed by atoms with Crippen LogP contribution >= 0.6 is 0 Å². The van der Waals surface area contributed by atoms with Crippen LogP contribution < -0.4 is 10.5 Å². The SMILES string of the molecule is CC(C)Oc1cncc(C2CCC2N)c1. The molecule has 0 aliphatic heterocycles. The number of nitrogens with two attached hydrogens (primary N) is 1. The Balaban J connectivity index is 2.12. The fourth-order valence-electron chi connectivity index (χ4n) is 1.91. The molecule has 1 heterocycles. The Morgan fingerprint density at radius 1 is 1.40 bits per heavy atom. The van der Waals surface area contributed by atoms with Gasteiger partial charge in [0.05, 0.1) is 12.3 Å². The van der Waals surface area contributed by atoms with Crippen LogP contribution in [-0.2, 0) is 0 Å². The van der Waals surface area contributed by atoms with Gasteiger partial charge in [0.2, 0.25) is 0 Å². The third kappa shape index (κ3) is 2.29. The predicted octanol–water partition coefficient (Wildman–Crippen LogP) is 2.07. The van der Waals surface area contributed by atoms with E-state index in [1.165, 1.54) is 12.0 Å². The normalized spacial score (nSPS) is 25.1. The molecule has 1 fully saturated rings. The third-order valence-electron chi connectivity index (χ3n) is 2.86. The molecule has 0 bridgehead atoms. The molecule has 2 atom stereocenters. The van der Waals surface area contributed by atoms with Gasteiger partial charge in [-0.3, -0.25) is 4.98 Å². The van der Waals surface area contributed by atoms with Crippen LogP contribution in [0.25, 0.3) is 0 Å². The highest BCUT2D eigenvalue weighted by molar-refractivity contribution is 5.29. The first-order valence-electron chi connectivity index (χ1n) is 5.54. The highest BCUT2D eigenvalue weighted by Crippen LogP contribution is 2.36. The van der Waals surface area contributed by atoms with E-state index in [0.717, 1.165) is 12.2 Å². The van der Waals surface area contributed by atoms with Crippen molar-refractivity contribution in [2.24, 2.45) is 5.73 Å². The maximum Gasteiger partial charge on any atom is 0.138 e. The molecule has 2 unspecified atom stereocenters. The van der Waals surface area contributed by atoms with E-state index in [1.54, 1.807) is 6.20 Å². The zero-order chi connectivity index (χ0) is 10.8. The molecule has 0 spiro atoms. The standard InChI is InChI=1S/C12H18N2O/c1-8(2)15-10-5-9(6-14-7-10)11-3-4-12(11)13/h5-8,11-12H,3-4,13H2,1-2H3. The number of rotatable bonds is 3. The Kier molecular flexibility index (Phi) is 2.91. The monoisotopic (exact) mass is 206 g/mol. The van der Waals surface area contributed by atoms with Gasteiger partial charge in [0.1, 0.15) is 5.75 Å². The quantitative estimate of drug-likeness (QED) is 0.823. The lowest BCUT2D eigenvalue weighted by molar-refractivity contribution is 0.240. The molecule has 15 heavy (non-hydrogen) atoms. The average Bonchev–Trinajstić information content (AvgIpc) is 2.15. The van der Waals surface area contributed by atoms with E-state index < -0.39 is 0 Å². The van der Waals surface area contributed by atoms with Gasteiger partial charge in [0.15, 0.2) is 0 Å². The van der Waals surface area contributed by atoms with E-state index in [0.29, 0.717) is 12.0 Å². The largest absolute Gasteiger partial charge is 0.489 e. The second kappa shape index (κ2) is 4.19. The number of hydrogen-bond donors (Lipinski definition) is 1. The third-order valence-corrected chi connectivity index (χ3v) is 2.86. The molecule has 1 aliphatic carbocycles. The molecule has 2 N–H and O–H groups in total. The summed E-state index contributed by atoms with van der Waals surface area (Å²) in [5.41, 5.74) is 7.15. The minimum atomic E-state index is 0.192. The summed E-state index contributed by atoms with van der Waals surface area (Å²) in [6.07, 6.45) is 6.15. The summed E-state index contributed by atoms with van der Waals surface area (Å²) in [7, 11) is 0. The van der Waals surface area contributed by atoms with E-state index >= 15 is 0 Å². The number of hydrogen-bond acceptors (Lipinski definition) is 3. The summed E-state index contributed by atoms with van der Waals surface area (Å²) in [6, 6.07) is 2.37. The Hall–Kier alpha value is -1.09.